The first-order valence-electron chi connectivity index (χ1n) is 8.61. The van der Waals surface area contributed by atoms with Gasteiger partial charge in [0.2, 0.25) is 0 Å². The lowest BCUT2D eigenvalue weighted by atomic mass is 10.1. The van der Waals surface area contributed by atoms with Crippen molar-refractivity contribution >= 4 is 11.3 Å². The van der Waals surface area contributed by atoms with Crippen LogP contribution in [0.1, 0.15) is 12.2 Å². The standard InChI is InChI=1S/C21H19N3OS/c1-2-5-17(6-3-1)21-24-19(15-26-21)16-8-10-18(11-9-16)25-14-4-7-20-22-12-13-23-20/h1-3,5-6,8-13,15H,4,7,14H2,(H,22,23). The molecule has 5 heteroatoms. The summed E-state index contributed by atoms with van der Waals surface area (Å²) in [6.45, 7) is 0.675. The van der Waals surface area contributed by atoms with Crippen molar-refractivity contribution in [2.45, 2.75) is 12.8 Å². The Morgan fingerprint density at radius 3 is 2.58 bits per heavy atom. The number of nitrogens with one attached hydrogen (secondary N) is 1. The molecule has 2 heterocycles. The maximum Gasteiger partial charge on any atom is 0.124 e. The first-order chi connectivity index (χ1) is 12.9. The molecule has 2 aromatic heterocycles. The van der Waals surface area contributed by atoms with Crippen molar-refractivity contribution in [1.82, 2.24) is 15.0 Å². The lowest BCUT2D eigenvalue weighted by molar-refractivity contribution is 0.310. The first kappa shape index (κ1) is 16.5. The fourth-order valence-electron chi connectivity index (χ4n) is 2.71. The van der Waals surface area contributed by atoms with Crippen LogP contribution < -0.4 is 4.74 Å². The molecule has 0 bridgehead atoms. The van der Waals surface area contributed by atoms with Crippen molar-refractivity contribution < 1.29 is 4.74 Å². The third-order valence-corrected chi connectivity index (χ3v) is 4.95. The minimum absolute atomic E-state index is 0.675. The van der Waals surface area contributed by atoms with Crippen LogP contribution in [0.3, 0.4) is 0 Å². The average Bonchev–Trinajstić information content (AvgIpc) is 3.39. The molecule has 0 spiro atoms. The summed E-state index contributed by atoms with van der Waals surface area (Å²) in [6.07, 6.45) is 5.45. The molecule has 0 atom stereocenters. The van der Waals surface area contributed by atoms with Crippen molar-refractivity contribution in [2.24, 2.45) is 0 Å². The summed E-state index contributed by atoms with van der Waals surface area (Å²) in [5.41, 5.74) is 3.25. The van der Waals surface area contributed by atoms with Gasteiger partial charge in [0, 0.05) is 35.3 Å². The van der Waals surface area contributed by atoms with E-state index in [1.807, 2.05) is 36.5 Å². The molecule has 4 aromatic rings. The first-order valence-corrected chi connectivity index (χ1v) is 9.49. The summed E-state index contributed by atoms with van der Waals surface area (Å²) in [4.78, 5) is 12.1. The zero-order chi connectivity index (χ0) is 17.6. The van der Waals surface area contributed by atoms with Crippen LogP contribution in [0, 0.1) is 0 Å². The number of rotatable bonds is 7. The lowest BCUT2D eigenvalue weighted by Gasteiger charge is -2.06. The van der Waals surface area contributed by atoms with Crippen LogP contribution in [0.5, 0.6) is 5.75 Å². The van der Waals surface area contributed by atoms with Gasteiger partial charge in [0.25, 0.3) is 0 Å². The van der Waals surface area contributed by atoms with Gasteiger partial charge in [-0.3, -0.25) is 0 Å². The predicted octanol–water partition coefficient (Wildman–Crippen LogP) is 5.21. The molecule has 0 saturated carbocycles. The molecule has 0 aliphatic rings. The largest absolute Gasteiger partial charge is 0.494 e. The van der Waals surface area contributed by atoms with E-state index in [2.05, 4.69) is 39.6 Å². The molecule has 0 aliphatic heterocycles. The quantitative estimate of drug-likeness (QED) is 0.460. The summed E-state index contributed by atoms with van der Waals surface area (Å²) in [5.74, 6) is 1.88. The fourth-order valence-corrected chi connectivity index (χ4v) is 3.54. The Morgan fingerprint density at radius 1 is 0.962 bits per heavy atom. The van der Waals surface area contributed by atoms with Crippen LogP contribution in [0.4, 0.5) is 0 Å². The SMILES string of the molecule is c1ccc(-c2nc(-c3ccc(OCCCc4ncc[nH]4)cc3)cs2)cc1. The van der Waals surface area contributed by atoms with Crippen LogP contribution in [-0.4, -0.2) is 21.6 Å². The molecule has 4 nitrogen and oxygen atoms in total. The van der Waals surface area contributed by atoms with Gasteiger partial charge in [-0.15, -0.1) is 11.3 Å². The third-order valence-electron chi connectivity index (χ3n) is 4.06. The Labute approximate surface area is 156 Å². The van der Waals surface area contributed by atoms with E-state index in [0.29, 0.717) is 6.61 Å². The predicted molar refractivity (Wildman–Crippen MR) is 105 cm³/mol. The highest BCUT2D eigenvalue weighted by Gasteiger charge is 2.06. The van der Waals surface area contributed by atoms with E-state index < -0.39 is 0 Å². The molecule has 0 radical (unpaired) electrons. The molecule has 0 fully saturated rings. The van der Waals surface area contributed by atoms with Gasteiger partial charge in [-0.1, -0.05) is 30.3 Å². The van der Waals surface area contributed by atoms with Gasteiger partial charge in [-0.25, -0.2) is 9.97 Å². The molecule has 0 unspecified atom stereocenters. The van der Waals surface area contributed by atoms with Gasteiger partial charge in [0.1, 0.15) is 16.6 Å². The number of aryl methyl sites for hydroxylation is 1. The molecule has 0 saturated heterocycles. The van der Waals surface area contributed by atoms with Crippen LogP contribution in [-0.2, 0) is 6.42 Å². The van der Waals surface area contributed by atoms with Gasteiger partial charge in [-0.05, 0) is 30.7 Å². The zero-order valence-electron chi connectivity index (χ0n) is 14.3. The number of hydrogen-bond acceptors (Lipinski definition) is 4. The highest BCUT2D eigenvalue weighted by molar-refractivity contribution is 7.13. The Bertz CT molecular complexity index is 931. The number of hydrogen-bond donors (Lipinski definition) is 1. The van der Waals surface area contributed by atoms with Crippen molar-refractivity contribution in [3.63, 3.8) is 0 Å². The minimum Gasteiger partial charge on any atom is -0.494 e. The summed E-state index contributed by atoms with van der Waals surface area (Å²) in [5, 5.41) is 3.14. The van der Waals surface area contributed by atoms with E-state index in [4.69, 9.17) is 9.72 Å². The Balaban J connectivity index is 1.35. The Morgan fingerprint density at radius 2 is 1.81 bits per heavy atom. The van der Waals surface area contributed by atoms with Crippen molar-refractivity contribution in [3.05, 3.63) is 78.2 Å². The molecule has 26 heavy (non-hydrogen) atoms. The van der Waals surface area contributed by atoms with E-state index in [1.54, 1.807) is 17.5 Å². The number of H-pyrrole nitrogens is 1. The highest BCUT2D eigenvalue weighted by Crippen LogP contribution is 2.29. The van der Waals surface area contributed by atoms with Crippen LogP contribution >= 0.6 is 11.3 Å². The van der Waals surface area contributed by atoms with Gasteiger partial charge in [-0.2, -0.15) is 0 Å². The second-order valence-electron chi connectivity index (χ2n) is 5.92. The highest BCUT2D eigenvalue weighted by atomic mass is 32.1. The summed E-state index contributed by atoms with van der Waals surface area (Å²) in [7, 11) is 0. The fraction of sp³-hybridized carbons (Fsp3) is 0.143. The monoisotopic (exact) mass is 361 g/mol. The number of imidazole rings is 1. The van der Waals surface area contributed by atoms with E-state index in [-0.39, 0.29) is 0 Å². The molecule has 2 aromatic carbocycles. The van der Waals surface area contributed by atoms with Crippen LogP contribution in [0.15, 0.2) is 72.4 Å². The van der Waals surface area contributed by atoms with Gasteiger partial charge in [0.15, 0.2) is 0 Å². The second kappa shape index (κ2) is 7.97. The number of thiazole rings is 1. The second-order valence-corrected chi connectivity index (χ2v) is 6.77. The molecule has 4 rings (SSSR count). The van der Waals surface area contributed by atoms with E-state index in [1.165, 1.54) is 0 Å². The van der Waals surface area contributed by atoms with Crippen molar-refractivity contribution in [2.75, 3.05) is 6.61 Å². The van der Waals surface area contributed by atoms with E-state index >= 15 is 0 Å². The number of ether oxygens (including phenoxy) is 1. The van der Waals surface area contributed by atoms with Crippen LogP contribution in [0.2, 0.25) is 0 Å². The number of aromatic nitrogens is 3. The molecule has 0 amide bonds. The topological polar surface area (TPSA) is 50.8 Å². The minimum atomic E-state index is 0.675. The van der Waals surface area contributed by atoms with Crippen molar-refractivity contribution in [3.8, 4) is 27.6 Å². The normalized spacial score (nSPS) is 10.8. The summed E-state index contributed by atoms with van der Waals surface area (Å²) >= 11 is 1.67. The number of nitrogens with zero attached hydrogens (tertiary/aromatic N) is 2. The summed E-state index contributed by atoms with van der Waals surface area (Å²) < 4.78 is 5.81. The van der Waals surface area contributed by atoms with Gasteiger partial charge >= 0.3 is 0 Å². The third kappa shape index (κ3) is 4.00. The maximum absolute atomic E-state index is 5.81. The molecule has 130 valence electrons. The number of aromatic amines is 1. The number of benzene rings is 2. The van der Waals surface area contributed by atoms with Gasteiger partial charge in [0.05, 0.1) is 12.3 Å². The van der Waals surface area contributed by atoms with E-state index in [0.717, 1.165) is 46.2 Å². The molecule has 0 aliphatic carbocycles. The maximum atomic E-state index is 5.81. The zero-order valence-corrected chi connectivity index (χ0v) is 15.1. The smallest absolute Gasteiger partial charge is 0.124 e. The molecule has 1 N–H and O–H groups in total. The average molecular weight is 361 g/mol. The lowest BCUT2D eigenvalue weighted by Crippen LogP contribution is -2.00. The summed E-state index contributed by atoms with van der Waals surface area (Å²) in [6, 6.07) is 18.4. The van der Waals surface area contributed by atoms with Crippen molar-refractivity contribution in [1.29, 1.82) is 0 Å². The Hall–Kier alpha value is -2.92. The van der Waals surface area contributed by atoms with Gasteiger partial charge < -0.3 is 9.72 Å². The Kier molecular flexibility index (Phi) is 5.07. The molecular formula is C21H19N3OS. The van der Waals surface area contributed by atoms with Crippen LogP contribution in [0.25, 0.3) is 21.8 Å². The van der Waals surface area contributed by atoms with E-state index in [9.17, 15) is 0 Å². The molecular weight excluding hydrogens is 342 g/mol.